The van der Waals surface area contributed by atoms with Crippen molar-refractivity contribution in [3.8, 4) is 0 Å². The molecule has 1 aromatic rings. The number of rotatable bonds is 9. The Bertz CT molecular complexity index is 552. The fourth-order valence-electron chi connectivity index (χ4n) is 2.04. The number of hydrogen-bond donors (Lipinski definition) is 2. The SMILES string of the molecule is CSCC[C@H](N)C(=O)NC(=O)C(CSC(C)=O)Cc1ccccc1. The summed E-state index contributed by atoms with van der Waals surface area (Å²) in [7, 11) is 0. The molecule has 0 radical (unpaired) electrons. The van der Waals surface area contributed by atoms with Crippen molar-refractivity contribution >= 4 is 40.5 Å². The molecule has 0 spiro atoms. The Morgan fingerprint density at radius 2 is 1.83 bits per heavy atom. The van der Waals surface area contributed by atoms with Crippen molar-refractivity contribution < 1.29 is 14.4 Å². The third kappa shape index (κ3) is 7.99. The summed E-state index contributed by atoms with van der Waals surface area (Å²) in [6.07, 6.45) is 2.93. The molecule has 1 unspecified atom stereocenters. The van der Waals surface area contributed by atoms with E-state index in [1.165, 1.54) is 6.92 Å². The van der Waals surface area contributed by atoms with Gasteiger partial charge in [0.2, 0.25) is 11.8 Å². The number of nitrogens with one attached hydrogen (secondary N) is 1. The van der Waals surface area contributed by atoms with Gasteiger partial charge in [-0.05, 0) is 30.4 Å². The molecule has 0 saturated heterocycles. The van der Waals surface area contributed by atoms with Gasteiger partial charge in [0.1, 0.15) is 0 Å². The average molecular weight is 369 g/mol. The number of thioether (sulfide) groups is 2. The van der Waals surface area contributed by atoms with E-state index in [4.69, 9.17) is 5.73 Å². The van der Waals surface area contributed by atoms with Crippen LogP contribution in [-0.4, -0.2) is 40.7 Å². The first-order valence-corrected chi connectivity index (χ1v) is 10.1. The largest absolute Gasteiger partial charge is 0.320 e. The normalized spacial score (nSPS) is 13.1. The van der Waals surface area contributed by atoms with Gasteiger partial charge in [0.05, 0.1) is 12.0 Å². The van der Waals surface area contributed by atoms with E-state index < -0.39 is 17.9 Å². The maximum absolute atomic E-state index is 12.4. The third-order valence-corrected chi connectivity index (χ3v) is 5.02. The van der Waals surface area contributed by atoms with E-state index in [2.05, 4.69) is 5.32 Å². The molecule has 2 amide bonds. The molecule has 7 heteroatoms. The lowest BCUT2D eigenvalue weighted by molar-refractivity contribution is -0.133. The van der Waals surface area contributed by atoms with Crippen molar-refractivity contribution in [2.24, 2.45) is 11.7 Å². The van der Waals surface area contributed by atoms with Crippen molar-refractivity contribution in [1.29, 1.82) is 0 Å². The van der Waals surface area contributed by atoms with Gasteiger partial charge in [-0.2, -0.15) is 11.8 Å². The second kappa shape index (κ2) is 11.3. The number of carbonyl (C=O) groups is 3. The van der Waals surface area contributed by atoms with Crippen molar-refractivity contribution in [2.75, 3.05) is 17.8 Å². The van der Waals surface area contributed by atoms with Gasteiger partial charge < -0.3 is 5.73 Å². The van der Waals surface area contributed by atoms with Crippen molar-refractivity contribution in [3.05, 3.63) is 35.9 Å². The molecule has 5 nitrogen and oxygen atoms in total. The molecule has 1 rings (SSSR count). The third-order valence-electron chi connectivity index (χ3n) is 3.40. The van der Waals surface area contributed by atoms with Crippen LogP contribution in [0, 0.1) is 5.92 Å². The van der Waals surface area contributed by atoms with E-state index in [9.17, 15) is 14.4 Å². The molecule has 3 N–H and O–H groups in total. The number of benzene rings is 1. The van der Waals surface area contributed by atoms with Gasteiger partial charge in [-0.25, -0.2) is 0 Å². The van der Waals surface area contributed by atoms with E-state index in [0.717, 1.165) is 23.1 Å². The van der Waals surface area contributed by atoms with Crippen LogP contribution in [0.15, 0.2) is 30.3 Å². The molecular weight excluding hydrogens is 344 g/mol. The first-order valence-electron chi connectivity index (χ1n) is 7.70. The van der Waals surface area contributed by atoms with E-state index in [-0.39, 0.29) is 11.0 Å². The van der Waals surface area contributed by atoms with Crippen molar-refractivity contribution in [1.82, 2.24) is 5.32 Å². The molecule has 0 aliphatic rings. The topological polar surface area (TPSA) is 89.3 Å². The van der Waals surface area contributed by atoms with Crippen LogP contribution in [-0.2, 0) is 20.8 Å². The number of nitrogens with two attached hydrogens (primary N) is 1. The van der Waals surface area contributed by atoms with Gasteiger partial charge in [-0.15, -0.1) is 0 Å². The lowest BCUT2D eigenvalue weighted by Crippen LogP contribution is -2.46. The van der Waals surface area contributed by atoms with E-state index in [0.29, 0.717) is 18.6 Å². The molecule has 1 aromatic carbocycles. The summed E-state index contributed by atoms with van der Waals surface area (Å²) in [4.78, 5) is 35.7. The highest BCUT2D eigenvalue weighted by Crippen LogP contribution is 2.16. The molecule has 132 valence electrons. The highest BCUT2D eigenvalue weighted by Gasteiger charge is 2.24. The Morgan fingerprint density at radius 1 is 1.17 bits per heavy atom. The highest BCUT2D eigenvalue weighted by atomic mass is 32.2. The fourth-order valence-corrected chi connectivity index (χ4v) is 3.23. The van der Waals surface area contributed by atoms with Gasteiger partial charge in [0, 0.05) is 12.7 Å². The molecule has 0 aromatic heterocycles. The Kier molecular flexibility index (Phi) is 9.75. The molecule has 0 bridgehead atoms. The molecular formula is C17H24N2O3S2. The predicted octanol–water partition coefficient (Wildman–Crippen LogP) is 1.85. The summed E-state index contributed by atoms with van der Waals surface area (Å²) >= 11 is 2.69. The molecule has 0 saturated carbocycles. The minimum atomic E-state index is -0.695. The summed E-state index contributed by atoms with van der Waals surface area (Å²) in [5.74, 6) is -0.199. The molecule has 0 fully saturated rings. The van der Waals surface area contributed by atoms with E-state index in [1.807, 2.05) is 36.6 Å². The van der Waals surface area contributed by atoms with Crippen molar-refractivity contribution in [3.63, 3.8) is 0 Å². The number of carbonyl (C=O) groups excluding carboxylic acids is 3. The molecule has 0 heterocycles. The predicted molar refractivity (Wildman–Crippen MR) is 101 cm³/mol. The second-order valence-corrected chi connectivity index (χ2v) is 7.61. The summed E-state index contributed by atoms with van der Waals surface area (Å²) in [5, 5.41) is 2.34. The van der Waals surface area contributed by atoms with Gasteiger partial charge in [0.15, 0.2) is 5.12 Å². The quantitative estimate of drug-likeness (QED) is 0.691. The van der Waals surface area contributed by atoms with E-state index in [1.54, 1.807) is 11.8 Å². The number of hydrogen-bond acceptors (Lipinski definition) is 6. The number of amides is 2. The van der Waals surface area contributed by atoms with Gasteiger partial charge in [-0.1, -0.05) is 42.1 Å². The zero-order valence-electron chi connectivity index (χ0n) is 14.0. The minimum Gasteiger partial charge on any atom is -0.320 e. The Morgan fingerprint density at radius 3 is 2.42 bits per heavy atom. The number of imide groups is 1. The monoisotopic (exact) mass is 368 g/mol. The lowest BCUT2D eigenvalue weighted by Gasteiger charge is -2.17. The smallest absolute Gasteiger partial charge is 0.243 e. The minimum absolute atomic E-state index is 0.0520. The first-order chi connectivity index (χ1) is 11.4. The second-order valence-electron chi connectivity index (χ2n) is 5.43. The molecule has 0 aliphatic heterocycles. The van der Waals surface area contributed by atoms with Crippen LogP contribution in [0.3, 0.4) is 0 Å². The maximum atomic E-state index is 12.4. The van der Waals surface area contributed by atoms with Crippen LogP contribution in [0.25, 0.3) is 0 Å². The van der Waals surface area contributed by atoms with Crippen LogP contribution in [0.2, 0.25) is 0 Å². The fraction of sp³-hybridized carbons (Fsp3) is 0.471. The van der Waals surface area contributed by atoms with Gasteiger partial charge >= 0.3 is 0 Å². The zero-order chi connectivity index (χ0) is 17.9. The van der Waals surface area contributed by atoms with Crippen LogP contribution < -0.4 is 11.1 Å². The van der Waals surface area contributed by atoms with Gasteiger partial charge in [0.25, 0.3) is 0 Å². The summed E-state index contributed by atoms with van der Waals surface area (Å²) in [6.45, 7) is 1.46. The Balaban J connectivity index is 2.68. The van der Waals surface area contributed by atoms with Gasteiger partial charge in [-0.3, -0.25) is 19.7 Å². The first kappa shape index (κ1) is 20.7. The highest BCUT2D eigenvalue weighted by molar-refractivity contribution is 8.13. The lowest BCUT2D eigenvalue weighted by atomic mass is 10.00. The molecule has 0 aliphatic carbocycles. The van der Waals surface area contributed by atoms with Crippen LogP contribution in [0.4, 0.5) is 0 Å². The Hall–Kier alpha value is -1.31. The molecule has 2 atom stereocenters. The average Bonchev–Trinajstić information content (AvgIpc) is 2.56. The van der Waals surface area contributed by atoms with Crippen LogP contribution in [0.1, 0.15) is 18.9 Å². The van der Waals surface area contributed by atoms with Crippen LogP contribution in [0.5, 0.6) is 0 Å². The maximum Gasteiger partial charge on any atom is 0.243 e. The summed E-state index contributed by atoms with van der Waals surface area (Å²) in [5.41, 5.74) is 6.78. The summed E-state index contributed by atoms with van der Waals surface area (Å²) < 4.78 is 0. The Labute approximate surface area is 151 Å². The standard InChI is InChI=1S/C17H24N2O3S2/c1-12(20)24-11-14(10-13-6-4-3-5-7-13)16(21)19-17(22)15(18)8-9-23-2/h3-7,14-15H,8-11,18H2,1-2H3,(H,19,21,22)/t14?,15-/m0/s1. The zero-order valence-corrected chi connectivity index (χ0v) is 15.6. The summed E-state index contributed by atoms with van der Waals surface area (Å²) in [6, 6.07) is 8.84. The molecule has 24 heavy (non-hydrogen) atoms. The van der Waals surface area contributed by atoms with Crippen molar-refractivity contribution in [2.45, 2.75) is 25.8 Å². The van der Waals surface area contributed by atoms with Crippen LogP contribution >= 0.6 is 23.5 Å². The van der Waals surface area contributed by atoms with E-state index >= 15 is 0 Å².